The lowest BCUT2D eigenvalue weighted by molar-refractivity contribution is 0.175. The molecule has 3 rings (SSSR count). The molecule has 0 amide bonds. The van der Waals surface area contributed by atoms with Crippen molar-refractivity contribution < 1.29 is 0 Å². The summed E-state index contributed by atoms with van der Waals surface area (Å²) in [6.45, 7) is 6.69. The fraction of sp³-hybridized carbons (Fsp3) is 0.529. The summed E-state index contributed by atoms with van der Waals surface area (Å²) in [7, 11) is 1.94. The topological polar surface area (TPSA) is 34.0 Å². The van der Waals surface area contributed by atoms with Crippen LogP contribution in [0.5, 0.6) is 0 Å². The minimum Gasteiger partial charge on any atom is -0.297 e. The summed E-state index contributed by atoms with van der Waals surface area (Å²) in [5.74, 6) is 1.75. The monoisotopic (exact) mass is 284 g/mol. The third-order valence-corrected chi connectivity index (χ3v) is 4.46. The molecule has 1 saturated heterocycles. The number of rotatable bonds is 3. The molecule has 2 aromatic rings. The van der Waals surface area contributed by atoms with E-state index in [1.165, 1.54) is 37.9 Å². The van der Waals surface area contributed by atoms with Crippen LogP contribution in [0.15, 0.2) is 24.3 Å². The van der Waals surface area contributed by atoms with Gasteiger partial charge in [0.25, 0.3) is 0 Å². The Labute approximate surface area is 126 Å². The third kappa shape index (κ3) is 3.00. The first-order valence-electron chi connectivity index (χ1n) is 7.87. The van der Waals surface area contributed by atoms with Crippen molar-refractivity contribution in [3.8, 4) is 11.4 Å². The molecule has 0 bridgehead atoms. The maximum Gasteiger partial charge on any atom is 0.158 e. The summed E-state index contributed by atoms with van der Waals surface area (Å²) < 4.78 is 1.85. The molecule has 1 fully saturated rings. The normalized spacial score (nSPS) is 17.9. The van der Waals surface area contributed by atoms with Gasteiger partial charge in [-0.15, -0.1) is 0 Å². The van der Waals surface area contributed by atoms with Crippen molar-refractivity contribution in [2.24, 2.45) is 7.05 Å². The lowest BCUT2D eigenvalue weighted by Gasteiger charge is -2.32. The van der Waals surface area contributed by atoms with E-state index in [2.05, 4.69) is 46.2 Å². The fourth-order valence-corrected chi connectivity index (χ4v) is 3.19. The van der Waals surface area contributed by atoms with Gasteiger partial charge in [0, 0.05) is 18.7 Å². The molecular formula is C17H24N4. The van der Waals surface area contributed by atoms with Crippen LogP contribution >= 0.6 is 0 Å². The highest BCUT2D eigenvalue weighted by Crippen LogP contribution is 2.26. The fourth-order valence-electron chi connectivity index (χ4n) is 3.19. The van der Waals surface area contributed by atoms with Crippen LogP contribution in [-0.4, -0.2) is 32.8 Å². The van der Waals surface area contributed by atoms with E-state index in [4.69, 9.17) is 0 Å². The van der Waals surface area contributed by atoms with Gasteiger partial charge in [0.1, 0.15) is 5.82 Å². The number of benzene rings is 1. The third-order valence-electron chi connectivity index (χ3n) is 4.46. The summed E-state index contributed by atoms with van der Waals surface area (Å²) in [5.41, 5.74) is 2.52. The minimum absolute atomic E-state index is 0.501. The predicted molar refractivity (Wildman–Crippen MR) is 85.0 cm³/mol. The molecule has 1 unspecified atom stereocenters. The number of hydrogen-bond donors (Lipinski definition) is 0. The average Bonchev–Trinajstić information content (AvgIpc) is 2.86. The van der Waals surface area contributed by atoms with Crippen molar-refractivity contribution in [3.05, 3.63) is 35.7 Å². The molecule has 112 valence electrons. The number of nitrogens with zero attached hydrogens (tertiary/aromatic N) is 4. The summed E-state index contributed by atoms with van der Waals surface area (Å²) in [6.07, 6.45) is 4.05. The molecule has 1 aliphatic rings. The smallest absolute Gasteiger partial charge is 0.158 e. The maximum absolute atomic E-state index is 4.49. The predicted octanol–water partition coefficient (Wildman–Crippen LogP) is 3.34. The van der Waals surface area contributed by atoms with E-state index in [0.717, 1.165) is 17.2 Å². The molecule has 0 N–H and O–H groups in total. The minimum atomic E-state index is 0.501. The maximum atomic E-state index is 4.49. The van der Waals surface area contributed by atoms with Crippen LogP contribution in [-0.2, 0) is 7.05 Å². The highest BCUT2D eigenvalue weighted by atomic mass is 15.3. The highest BCUT2D eigenvalue weighted by molar-refractivity contribution is 5.55. The molecule has 21 heavy (non-hydrogen) atoms. The van der Waals surface area contributed by atoms with E-state index in [0.29, 0.717) is 6.04 Å². The zero-order valence-electron chi connectivity index (χ0n) is 13.2. The lowest BCUT2D eigenvalue weighted by Crippen LogP contribution is -2.32. The molecule has 2 heterocycles. The molecule has 0 aliphatic carbocycles. The summed E-state index contributed by atoms with van der Waals surface area (Å²) in [4.78, 5) is 7.07. The largest absolute Gasteiger partial charge is 0.297 e. The van der Waals surface area contributed by atoms with Gasteiger partial charge in [0.05, 0.1) is 0 Å². The molecule has 1 aromatic heterocycles. The molecule has 0 saturated carbocycles. The van der Waals surface area contributed by atoms with Gasteiger partial charge in [-0.25, -0.2) is 9.67 Å². The van der Waals surface area contributed by atoms with Crippen molar-refractivity contribution in [1.82, 2.24) is 19.7 Å². The molecule has 1 aliphatic heterocycles. The standard InChI is InChI=1S/C17H24N4/c1-13(21-11-5-4-6-12-21)15-7-9-16(10-8-15)17-18-14(2)19-20(17)3/h7-10,13H,4-6,11-12H2,1-3H3. The first kappa shape index (κ1) is 14.3. The second-order valence-corrected chi connectivity index (χ2v) is 6.00. The molecule has 1 atom stereocenters. The highest BCUT2D eigenvalue weighted by Gasteiger charge is 2.18. The number of aryl methyl sites for hydroxylation is 2. The van der Waals surface area contributed by atoms with Gasteiger partial charge in [-0.1, -0.05) is 30.7 Å². The molecule has 4 heteroatoms. The van der Waals surface area contributed by atoms with E-state index < -0.39 is 0 Å². The van der Waals surface area contributed by atoms with Crippen LogP contribution in [0.1, 0.15) is 43.6 Å². The quantitative estimate of drug-likeness (QED) is 0.867. The number of likely N-dealkylation sites (tertiary alicyclic amines) is 1. The van der Waals surface area contributed by atoms with Crippen LogP contribution < -0.4 is 0 Å². The Bertz CT molecular complexity index is 594. The van der Waals surface area contributed by atoms with Crippen LogP contribution in [0.2, 0.25) is 0 Å². The number of hydrogen-bond acceptors (Lipinski definition) is 3. The Morgan fingerprint density at radius 1 is 1.05 bits per heavy atom. The van der Waals surface area contributed by atoms with Crippen molar-refractivity contribution >= 4 is 0 Å². The molecule has 4 nitrogen and oxygen atoms in total. The van der Waals surface area contributed by atoms with Crippen molar-refractivity contribution in [3.63, 3.8) is 0 Å². The van der Waals surface area contributed by atoms with E-state index in [-0.39, 0.29) is 0 Å². The van der Waals surface area contributed by atoms with E-state index in [1.54, 1.807) is 0 Å². The Kier molecular flexibility index (Phi) is 4.06. The first-order valence-corrected chi connectivity index (χ1v) is 7.87. The average molecular weight is 284 g/mol. The summed E-state index contributed by atoms with van der Waals surface area (Å²) in [5, 5.41) is 4.32. The van der Waals surface area contributed by atoms with Gasteiger partial charge in [-0.05, 0) is 45.3 Å². The van der Waals surface area contributed by atoms with Crippen LogP contribution in [0.3, 0.4) is 0 Å². The zero-order valence-corrected chi connectivity index (χ0v) is 13.2. The van der Waals surface area contributed by atoms with Gasteiger partial charge < -0.3 is 0 Å². The number of piperidine rings is 1. The van der Waals surface area contributed by atoms with Gasteiger partial charge in [0.15, 0.2) is 5.82 Å². The first-order chi connectivity index (χ1) is 10.1. The lowest BCUT2D eigenvalue weighted by atomic mass is 10.0. The Morgan fingerprint density at radius 2 is 1.71 bits per heavy atom. The Balaban J connectivity index is 1.78. The second kappa shape index (κ2) is 5.98. The molecule has 0 spiro atoms. The van der Waals surface area contributed by atoms with Crippen molar-refractivity contribution in [2.45, 2.75) is 39.2 Å². The molecule has 1 aromatic carbocycles. The van der Waals surface area contributed by atoms with Gasteiger partial charge in [-0.2, -0.15) is 5.10 Å². The van der Waals surface area contributed by atoms with E-state index >= 15 is 0 Å². The van der Waals surface area contributed by atoms with Gasteiger partial charge in [0.2, 0.25) is 0 Å². The Hall–Kier alpha value is -1.68. The Morgan fingerprint density at radius 3 is 2.29 bits per heavy atom. The second-order valence-electron chi connectivity index (χ2n) is 6.00. The van der Waals surface area contributed by atoms with Crippen molar-refractivity contribution in [1.29, 1.82) is 0 Å². The number of aromatic nitrogens is 3. The summed E-state index contributed by atoms with van der Waals surface area (Å²) in [6, 6.07) is 9.30. The van der Waals surface area contributed by atoms with E-state index in [1.807, 2.05) is 18.7 Å². The zero-order chi connectivity index (χ0) is 14.8. The van der Waals surface area contributed by atoms with Gasteiger partial charge >= 0.3 is 0 Å². The van der Waals surface area contributed by atoms with Gasteiger partial charge in [-0.3, -0.25) is 4.90 Å². The molecule has 0 radical (unpaired) electrons. The summed E-state index contributed by atoms with van der Waals surface area (Å²) >= 11 is 0. The van der Waals surface area contributed by atoms with Crippen molar-refractivity contribution in [2.75, 3.05) is 13.1 Å². The van der Waals surface area contributed by atoms with E-state index in [9.17, 15) is 0 Å². The van der Waals surface area contributed by atoms with Crippen LogP contribution in [0, 0.1) is 6.92 Å². The van der Waals surface area contributed by atoms with Crippen LogP contribution in [0.4, 0.5) is 0 Å². The SMILES string of the molecule is Cc1nc(-c2ccc(C(C)N3CCCCC3)cc2)n(C)n1. The van der Waals surface area contributed by atoms with Crippen LogP contribution in [0.25, 0.3) is 11.4 Å². The molecular weight excluding hydrogens is 260 g/mol.